The highest BCUT2D eigenvalue weighted by molar-refractivity contribution is 7.89. The summed E-state index contributed by atoms with van der Waals surface area (Å²) >= 11 is 0. The molecule has 1 heterocycles. The van der Waals surface area contributed by atoms with E-state index in [1.54, 1.807) is 38.1 Å². The Balaban J connectivity index is 2.04. The van der Waals surface area contributed by atoms with Crippen molar-refractivity contribution in [1.82, 2.24) is 4.72 Å². The van der Waals surface area contributed by atoms with E-state index < -0.39 is 22.0 Å². The SMILES string of the molecule is COC(=O)C(NS(=O)(=O)c1ccc2c(c1)oc1ccc(C#N)cc12)C(C)C. The Morgan fingerprint density at radius 3 is 2.52 bits per heavy atom. The molecule has 0 aliphatic heterocycles. The third-order valence-electron chi connectivity index (χ3n) is 4.29. The van der Waals surface area contributed by atoms with Crippen molar-refractivity contribution >= 4 is 37.9 Å². The number of methoxy groups -OCH3 is 1. The predicted octanol–water partition coefficient (Wildman–Crippen LogP) is 2.93. The van der Waals surface area contributed by atoms with Crippen LogP contribution in [0.5, 0.6) is 0 Å². The summed E-state index contributed by atoms with van der Waals surface area (Å²) in [5.74, 6) is -0.936. The molecule has 0 radical (unpaired) electrons. The Morgan fingerprint density at radius 1 is 1.15 bits per heavy atom. The molecule has 3 rings (SSSR count). The minimum Gasteiger partial charge on any atom is -0.468 e. The molecular formula is C19H18N2O5S. The van der Waals surface area contributed by atoms with Crippen LogP contribution in [0.1, 0.15) is 19.4 Å². The van der Waals surface area contributed by atoms with Crippen LogP contribution < -0.4 is 4.72 Å². The number of furan rings is 1. The fourth-order valence-electron chi connectivity index (χ4n) is 2.81. The molecule has 1 aromatic heterocycles. The van der Waals surface area contributed by atoms with Crippen LogP contribution in [0, 0.1) is 17.2 Å². The normalized spacial score (nSPS) is 13.0. The number of hydrogen-bond acceptors (Lipinski definition) is 6. The highest BCUT2D eigenvalue weighted by Gasteiger charge is 2.29. The molecule has 0 fully saturated rings. The Hall–Kier alpha value is -2.89. The molecule has 0 saturated carbocycles. The summed E-state index contributed by atoms with van der Waals surface area (Å²) in [5, 5.41) is 10.5. The van der Waals surface area contributed by atoms with Crippen LogP contribution >= 0.6 is 0 Å². The predicted molar refractivity (Wildman–Crippen MR) is 99.4 cm³/mol. The van der Waals surface area contributed by atoms with Crippen molar-refractivity contribution in [2.75, 3.05) is 7.11 Å². The van der Waals surface area contributed by atoms with E-state index in [2.05, 4.69) is 15.5 Å². The average molecular weight is 386 g/mol. The molecule has 0 spiro atoms. The highest BCUT2D eigenvalue weighted by atomic mass is 32.2. The summed E-state index contributed by atoms with van der Waals surface area (Å²) in [7, 11) is -2.75. The second-order valence-corrected chi connectivity index (χ2v) is 8.16. The van der Waals surface area contributed by atoms with Gasteiger partial charge in [-0.3, -0.25) is 4.79 Å². The molecule has 7 nitrogen and oxygen atoms in total. The van der Waals surface area contributed by atoms with Gasteiger partial charge in [0.05, 0.1) is 23.6 Å². The van der Waals surface area contributed by atoms with Gasteiger partial charge in [-0.05, 0) is 36.2 Å². The lowest BCUT2D eigenvalue weighted by Gasteiger charge is -2.19. The van der Waals surface area contributed by atoms with Crippen molar-refractivity contribution < 1.29 is 22.4 Å². The quantitative estimate of drug-likeness (QED) is 0.675. The first-order chi connectivity index (χ1) is 12.8. The molecule has 0 saturated heterocycles. The average Bonchev–Trinajstić information content (AvgIpc) is 3.02. The maximum atomic E-state index is 12.7. The summed E-state index contributed by atoms with van der Waals surface area (Å²) in [4.78, 5) is 11.8. The van der Waals surface area contributed by atoms with E-state index in [9.17, 15) is 13.2 Å². The first-order valence-electron chi connectivity index (χ1n) is 8.23. The molecule has 1 unspecified atom stereocenters. The number of nitrogens with zero attached hydrogens (tertiary/aromatic N) is 1. The van der Waals surface area contributed by atoms with E-state index in [1.165, 1.54) is 19.2 Å². The van der Waals surface area contributed by atoms with Gasteiger partial charge in [0.15, 0.2) is 0 Å². The fraction of sp³-hybridized carbons (Fsp3) is 0.263. The van der Waals surface area contributed by atoms with Crippen molar-refractivity contribution in [3.05, 3.63) is 42.0 Å². The number of nitrogens with one attached hydrogen (secondary N) is 1. The maximum absolute atomic E-state index is 12.7. The second-order valence-electron chi connectivity index (χ2n) is 6.45. The summed E-state index contributed by atoms with van der Waals surface area (Å²) in [6, 6.07) is 10.5. The van der Waals surface area contributed by atoms with Gasteiger partial charge in [-0.1, -0.05) is 13.8 Å². The Bertz CT molecular complexity index is 1170. The van der Waals surface area contributed by atoms with Gasteiger partial charge in [-0.2, -0.15) is 9.98 Å². The van der Waals surface area contributed by atoms with E-state index in [0.717, 1.165) is 5.39 Å². The molecule has 1 atom stereocenters. The van der Waals surface area contributed by atoms with E-state index in [4.69, 9.17) is 9.68 Å². The standard InChI is InChI=1S/C19H18N2O5S/c1-11(2)18(19(22)25-3)21-27(23,24)13-5-6-14-15-8-12(10-20)4-7-16(15)26-17(14)9-13/h4-9,11,18,21H,1-3H3. The maximum Gasteiger partial charge on any atom is 0.324 e. The van der Waals surface area contributed by atoms with Crippen LogP contribution in [0.2, 0.25) is 0 Å². The molecular weight excluding hydrogens is 368 g/mol. The Labute approximate surface area is 156 Å². The second kappa shape index (κ2) is 7.02. The molecule has 0 aliphatic carbocycles. The largest absolute Gasteiger partial charge is 0.468 e. The number of ether oxygens (including phenoxy) is 1. The van der Waals surface area contributed by atoms with Crippen LogP contribution in [0.25, 0.3) is 21.9 Å². The van der Waals surface area contributed by atoms with Crippen LogP contribution in [0.4, 0.5) is 0 Å². The molecule has 3 aromatic rings. The minimum absolute atomic E-state index is 0.0240. The van der Waals surface area contributed by atoms with Gasteiger partial charge in [0.2, 0.25) is 10.0 Å². The fourth-order valence-corrected chi connectivity index (χ4v) is 4.16. The monoisotopic (exact) mass is 386 g/mol. The Kier molecular flexibility index (Phi) is 4.91. The number of carbonyl (C=O) groups excluding carboxylic acids is 1. The van der Waals surface area contributed by atoms with Gasteiger partial charge >= 0.3 is 5.97 Å². The number of rotatable bonds is 5. The molecule has 0 aliphatic rings. The molecule has 0 bridgehead atoms. The van der Waals surface area contributed by atoms with Gasteiger partial charge in [0.25, 0.3) is 0 Å². The first kappa shape index (κ1) is 18.9. The number of nitriles is 1. The first-order valence-corrected chi connectivity index (χ1v) is 9.71. The number of benzene rings is 2. The number of sulfonamides is 1. The molecule has 1 N–H and O–H groups in total. The number of fused-ring (bicyclic) bond motifs is 3. The van der Waals surface area contributed by atoms with E-state index >= 15 is 0 Å². The van der Waals surface area contributed by atoms with Gasteiger partial charge in [-0.25, -0.2) is 8.42 Å². The topological polar surface area (TPSA) is 109 Å². The van der Waals surface area contributed by atoms with E-state index in [0.29, 0.717) is 22.1 Å². The van der Waals surface area contributed by atoms with Gasteiger partial charge in [0, 0.05) is 16.8 Å². The number of hydrogen-bond donors (Lipinski definition) is 1. The van der Waals surface area contributed by atoms with Crippen molar-refractivity contribution in [2.24, 2.45) is 5.92 Å². The molecule has 140 valence electrons. The molecule has 0 amide bonds. The van der Waals surface area contributed by atoms with Gasteiger partial charge in [-0.15, -0.1) is 0 Å². The van der Waals surface area contributed by atoms with Crippen LogP contribution in [0.3, 0.4) is 0 Å². The zero-order chi connectivity index (χ0) is 19.8. The van der Waals surface area contributed by atoms with Gasteiger partial charge < -0.3 is 9.15 Å². The summed E-state index contributed by atoms with van der Waals surface area (Å²) in [6.07, 6.45) is 0. The van der Waals surface area contributed by atoms with Crippen LogP contribution in [0.15, 0.2) is 45.7 Å². The van der Waals surface area contributed by atoms with E-state index in [1.807, 2.05) is 0 Å². The van der Waals surface area contributed by atoms with Crippen molar-refractivity contribution in [1.29, 1.82) is 5.26 Å². The lowest BCUT2D eigenvalue weighted by molar-refractivity contribution is -0.143. The minimum atomic E-state index is -3.96. The van der Waals surface area contributed by atoms with Crippen LogP contribution in [-0.4, -0.2) is 27.5 Å². The number of esters is 1. The highest BCUT2D eigenvalue weighted by Crippen LogP contribution is 2.31. The molecule has 8 heteroatoms. The van der Waals surface area contributed by atoms with Gasteiger partial charge in [0.1, 0.15) is 17.2 Å². The van der Waals surface area contributed by atoms with Crippen molar-refractivity contribution in [3.63, 3.8) is 0 Å². The lowest BCUT2D eigenvalue weighted by Crippen LogP contribution is -2.44. The zero-order valence-corrected chi connectivity index (χ0v) is 15.8. The summed E-state index contributed by atoms with van der Waals surface area (Å²) in [5.41, 5.74) is 1.42. The summed E-state index contributed by atoms with van der Waals surface area (Å²) in [6.45, 7) is 3.44. The third-order valence-corrected chi connectivity index (χ3v) is 5.72. The molecule has 27 heavy (non-hydrogen) atoms. The van der Waals surface area contributed by atoms with E-state index in [-0.39, 0.29) is 10.8 Å². The Morgan fingerprint density at radius 2 is 1.89 bits per heavy atom. The zero-order valence-electron chi connectivity index (χ0n) is 15.0. The lowest BCUT2D eigenvalue weighted by atomic mass is 10.1. The molecule has 2 aromatic carbocycles. The van der Waals surface area contributed by atoms with Crippen molar-refractivity contribution in [3.8, 4) is 6.07 Å². The summed E-state index contributed by atoms with van der Waals surface area (Å²) < 4.78 is 38.2. The third kappa shape index (κ3) is 3.52. The number of carbonyl (C=O) groups is 1. The smallest absolute Gasteiger partial charge is 0.324 e. The van der Waals surface area contributed by atoms with Crippen molar-refractivity contribution in [2.45, 2.75) is 24.8 Å². The van der Waals surface area contributed by atoms with Crippen LogP contribution in [-0.2, 0) is 19.6 Å².